The third kappa shape index (κ3) is 5.31. The number of nitriles is 3. The van der Waals surface area contributed by atoms with Crippen LogP contribution in [0.15, 0.2) is 114 Å². The van der Waals surface area contributed by atoms with Crippen molar-refractivity contribution < 1.29 is 22.0 Å². The Balaban J connectivity index is 1.33. The molecule has 5 aromatic rings. The predicted molar refractivity (Wildman–Crippen MR) is 169 cm³/mol. The maximum absolute atomic E-state index is 14.7. The van der Waals surface area contributed by atoms with Gasteiger partial charge < -0.3 is 0 Å². The van der Waals surface area contributed by atoms with Gasteiger partial charge in [-0.25, -0.2) is 66.9 Å². The number of allylic oxidation sites excluding steroid dienone is 3. The number of hydrogen-bond acceptors (Lipinski definition) is 12. The highest BCUT2D eigenvalue weighted by Gasteiger charge is 2.30. The van der Waals surface area contributed by atoms with Crippen LogP contribution in [-0.4, -0.2) is 15.0 Å². The van der Waals surface area contributed by atoms with Crippen LogP contribution in [0, 0.1) is 63.1 Å². The van der Waals surface area contributed by atoms with E-state index in [2.05, 4.69) is 44.9 Å². The van der Waals surface area contributed by atoms with Gasteiger partial charge in [0.2, 0.25) is 5.82 Å². The molecule has 17 heteroatoms. The first-order chi connectivity index (χ1) is 25.7. The highest BCUT2D eigenvalue weighted by Crippen LogP contribution is 2.31. The van der Waals surface area contributed by atoms with Crippen LogP contribution >= 0.6 is 0 Å². The van der Waals surface area contributed by atoms with E-state index in [4.69, 9.17) is 0 Å². The second-order valence-corrected chi connectivity index (χ2v) is 11.0. The summed E-state index contributed by atoms with van der Waals surface area (Å²) in [4.78, 5) is 39.3. The van der Waals surface area contributed by atoms with Gasteiger partial charge in [0.05, 0.1) is 37.7 Å². The van der Waals surface area contributed by atoms with E-state index in [1.165, 1.54) is 24.3 Å². The molecule has 1 aromatic heterocycles. The highest BCUT2D eigenvalue weighted by atomic mass is 19.2. The van der Waals surface area contributed by atoms with Crippen molar-refractivity contribution in [1.29, 1.82) is 15.8 Å². The Morgan fingerprint density at radius 2 is 0.811 bits per heavy atom. The van der Waals surface area contributed by atoms with Crippen LogP contribution in [0.5, 0.6) is 0 Å². The van der Waals surface area contributed by atoms with Crippen molar-refractivity contribution in [3.05, 3.63) is 163 Å². The van der Waals surface area contributed by atoms with Gasteiger partial charge in [-0.05, 0) is 42.5 Å². The molecule has 0 fully saturated rings. The van der Waals surface area contributed by atoms with Gasteiger partial charge in [0, 0.05) is 5.56 Å². The van der Waals surface area contributed by atoms with E-state index < -0.39 is 46.0 Å². The molecule has 0 amide bonds. The summed E-state index contributed by atoms with van der Waals surface area (Å²) in [6.07, 6.45) is 0. The molecule has 0 bridgehead atoms. The number of aromatic nitrogens is 3. The Bertz CT molecular complexity index is 2940. The molecule has 250 valence electrons. The fourth-order valence-corrected chi connectivity index (χ4v) is 5.42. The molecule has 0 unspecified atom stereocenters. The minimum absolute atomic E-state index is 0.000281. The van der Waals surface area contributed by atoms with Gasteiger partial charge in [-0.2, -0.15) is 15.8 Å². The fraction of sp³-hybridized carbons (Fsp3) is 0. The summed E-state index contributed by atoms with van der Waals surface area (Å²) in [7, 11) is 0. The zero-order chi connectivity index (χ0) is 37.0. The lowest BCUT2D eigenvalue weighted by Crippen LogP contribution is -2.21. The molecule has 4 aromatic carbocycles. The van der Waals surface area contributed by atoms with E-state index >= 15 is 0 Å². The second kappa shape index (κ2) is 12.4. The molecule has 3 aliphatic rings. The summed E-state index contributed by atoms with van der Waals surface area (Å²) in [5, 5.41) is 32.4. The molecular weight excluding hydrogens is 695 g/mol. The summed E-state index contributed by atoms with van der Waals surface area (Å²) >= 11 is 0. The summed E-state index contributed by atoms with van der Waals surface area (Å²) in [6.45, 7) is 0. The molecule has 0 saturated carbocycles. The SMILES string of the molecule is N#CC(=C1N=c2ccccc2=N1)c1nc(C(C#N)=C2N=c3ccccc3=N2)nc(-c2ccc3c(c2)=N/C(=C(\C#N)c2c(F)c(F)c(F)c(F)c2F)N=3)n1. The van der Waals surface area contributed by atoms with E-state index in [-0.39, 0.29) is 56.5 Å². The number of halogens is 5. The van der Waals surface area contributed by atoms with Crippen molar-refractivity contribution in [2.24, 2.45) is 30.0 Å². The Kier molecular flexibility index (Phi) is 7.55. The van der Waals surface area contributed by atoms with Crippen molar-refractivity contribution in [1.82, 2.24) is 15.0 Å². The Labute approximate surface area is 291 Å². The van der Waals surface area contributed by atoms with E-state index in [0.29, 0.717) is 21.4 Å². The van der Waals surface area contributed by atoms with Crippen molar-refractivity contribution in [2.75, 3.05) is 0 Å². The third-order valence-corrected chi connectivity index (χ3v) is 7.90. The van der Waals surface area contributed by atoms with Gasteiger partial charge in [-0.1, -0.05) is 24.3 Å². The van der Waals surface area contributed by atoms with Gasteiger partial charge in [0.25, 0.3) is 0 Å². The van der Waals surface area contributed by atoms with Gasteiger partial charge >= 0.3 is 0 Å². The van der Waals surface area contributed by atoms with Crippen LogP contribution < -0.4 is 32.1 Å². The van der Waals surface area contributed by atoms with E-state index in [0.717, 1.165) is 0 Å². The normalized spacial score (nSPS) is 14.0. The monoisotopic (exact) mass is 706 g/mol. The van der Waals surface area contributed by atoms with Crippen molar-refractivity contribution in [3.8, 4) is 29.6 Å². The van der Waals surface area contributed by atoms with Gasteiger partial charge in [0.1, 0.15) is 34.9 Å². The summed E-state index contributed by atoms with van der Waals surface area (Å²) < 4.78 is 71.1. The molecule has 8 rings (SSSR count). The average molecular weight is 707 g/mol. The molecular formula is C36H11F5N12. The fourth-order valence-electron chi connectivity index (χ4n) is 5.42. The summed E-state index contributed by atoms with van der Waals surface area (Å²) in [5.74, 6) is -12.5. The zero-order valence-corrected chi connectivity index (χ0v) is 26.1. The number of para-hydroxylation sites is 4. The van der Waals surface area contributed by atoms with Crippen LogP contribution in [0.4, 0.5) is 22.0 Å². The standard InChI is InChI=1S/C36H11F5N12/c37-26-25(27(38)29(40)30(41)28(26)39)16(12-42)32-49-23-10-9-15(11-24(23)50-32)31-51-35(17(13-43)33-45-19-5-1-2-6-20(19)46-33)53-36(52-31)18(14-44)34-47-21-7-3-4-8-22(21)48-34/h1-11H/b32-16+. The molecule has 0 radical (unpaired) electrons. The molecule has 0 atom stereocenters. The van der Waals surface area contributed by atoms with E-state index in [1.54, 1.807) is 48.5 Å². The summed E-state index contributed by atoms with van der Waals surface area (Å²) in [6, 6.07) is 23.5. The quantitative estimate of drug-likeness (QED) is 0.120. The Morgan fingerprint density at radius 1 is 0.434 bits per heavy atom. The minimum atomic E-state index is -2.39. The van der Waals surface area contributed by atoms with Crippen LogP contribution in [0.1, 0.15) is 17.2 Å². The van der Waals surface area contributed by atoms with Gasteiger partial charge in [0.15, 0.2) is 58.2 Å². The van der Waals surface area contributed by atoms with Gasteiger partial charge in [-0.15, -0.1) is 0 Å². The first-order valence-electron chi connectivity index (χ1n) is 15.0. The lowest BCUT2D eigenvalue weighted by Gasteiger charge is -2.07. The number of hydrogen-bond donors (Lipinski definition) is 0. The van der Waals surface area contributed by atoms with Crippen LogP contribution in [-0.2, 0) is 0 Å². The molecule has 12 nitrogen and oxygen atoms in total. The largest absolute Gasteiger partial charge is 0.226 e. The third-order valence-electron chi connectivity index (χ3n) is 7.90. The molecule has 0 N–H and O–H groups in total. The minimum Gasteiger partial charge on any atom is -0.226 e. The van der Waals surface area contributed by atoms with Crippen LogP contribution in [0.25, 0.3) is 28.1 Å². The summed E-state index contributed by atoms with van der Waals surface area (Å²) in [5.41, 5.74) is -2.63. The predicted octanol–water partition coefficient (Wildman–Crippen LogP) is 2.67. The Hall–Kier alpha value is -7.97. The second-order valence-electron chi connectivity index (χ2n) is 11.0. The highest BCUT2D eigenvalue weighted by molar-refractivity contribution is 5.81. The van der Waals surface area contributed by atoms with E-state index in [1.807, 2.05) is 12.1 Å². The molecule has 0 spiro atoms. The molecule has 4 heterocycles. The zero-order valence-electron chi connectivity index (χ0n) is 26.1. The first-order valence-corrected chi connectivity index (χ1v) is 15.0. The topological polar surface area (TPSA) is 184 Å². The molecule has 0 saturated heterocycles. The number of fused-ring (bicyclic) bond motifs is 3. The molecule has 53 heavy (non-hydrogen) atoms. The smallest absolute Gasteiger partial charge is 0.200 e. The van der Waals surface area contributed by atoms with Crippen LogP contribution in [0.2, 0.25) is 0 Å². The average Bonchev–Trinajstić information content (AvgIpc) is 3.92. The Morgan fingerprint density at radius 3 is 1.25 bits per heavy atom. The number of benzene rings is 4. The van der Waals surface area contributed by atoms with Gasteiger partial charge in [-0.3, -0.25) is 0 Å². The number of rotatable bonds is 4. The van der Waals surface area contributed by atoms with E-state index in [9.17, 15) is 37.7 Å². The molecule has 3 aliphatic heterocycles. The van der Waals surface area contributed by atoms with Crippen molar-refractivity contribution in [2.45, 2.75) is 0 Å². The first kappa shape index (κ1) is 32.2. The van der Waals surface area contributed by atoms with Crippen molar-refractivity contribution in [3.63, 3.8) is 0 Å². The lowest BCUT2D eigenvalue weighted by molar-refractivity contribution is 0.376. The van der Waals surface area contributed by atoms with Crippen LogP contribution in [0.3, 0.4) is 0 Å². The maximum atomic E-state index is 14.7. The maximum Gasteiger partial charge on any atom is 0.200 e. The van der Waals surface area contributed by atoms with Crippen molar-refractivity contribution >= 4 is 16.7 Å². The number of nitrogens with zero attached hydrogens (tertiary/aromatic N) is 12. The lowest BCUT2D eigenvalue weighted by atomic mass is 10.0. The molecule has 0 aliphatic carbocycles.